The molecule has 0 bridgehead atoms. The van der Waals surface area contributed by atoms with Crippen molar-refractivity contribution in [3.63, 3.8) is 0 Å². The number of anilines is 1. The van der Waals surface area contributed by atoms with Crippen molar-refractivity contribution >= 4 is 11.6 Å². The first-order chi connectivity index (χ1) is 14.2. The summed E-state index contributed by atoms with van der Waals surface area (Å²) >= 11 is 0. The fraction of sp³-hybridized carbons (Fsp3) is 0.375. The molecular formula is C24H30N2O3. The van der Waals surface area contributed by atoms with Gasteiger partial charge >= 0.3 is 0 Å². The second-order valence-electron chi connectivity index (χ2n) is 7.16. The number of fused-ring (bicyclic) bond motifs is 1. The summed E-state index contributed by atoms with van der Waals surface area (Å²) in [5, 5.41) is 3.48. The third-order valence-corrected chi connectivity index (χ3v) is 5.11. The maximum Gasteiger partial charge on any atom is 0.258 e. The Kier molecular flexibility index (Phi) is 7.17. The zero-order valence-corrected chi connectivity index (χ0v) is 17.3. The van der Waals surface area contributed by atoms with Crippen molar-refractivity contribution in [2.75, 3.05) is 25.6 Å². The van der Waals surface area contributed by atoms with Gasteiger partial charge in [-0.25, -0.2) is 0 Å². The Labute approximate surface area is 173 Å². The highest BCUT2D eigenvalue weighted by Crippen LogP contribution is 2.36. The number of carbonyl (C=O) groups excluding carboxylic acids is 1. The summed E-state index contributed by atoms with van der Waals surface area (Å²) in [4.78, 5) is 14.8. The highest BCUT2D eigenvalue weighted by Gasteiger charge is 2.32. The van der Waals surface area contributed by atoms with Crippen molar-refractivity contribution in [1.29, 1.82) is 0 Å². The number of benzene rings is 2. The largest absolute Gasteiger partial charge is 0.493 e. The predicted molar refractivity (Wildman–Crippen MR) is 117 cm³/mol. The predicted octanol–water partition coefficient (Wildman–Crippen LogP) is 5.41. The molecule has 5 nitrogen and oxygen atoms in total. The summed E-state index contributed by atoms with van der Waals surface area (Å²) in [6, 6.07) is 13.4. The fourth-order valence-electron chi connectivity index (χ4n) is 3.57. The normalized spacial score (nSPS) is 15.4. The lowest BCUT2D eigenvalue weighted by molar-refractivity contribution is 0.0707. The van der Waals surface area contributed by atoms with Crippen LogP contribution >= 0.6 is 0 Å². The van der Waals surface area contributed by atoms with E-state index in [-0.39, 0.29) is 12.1 Å². The summed E-state index contributed by atoms with van der Waals surface area (Å²) in [5.41, 5.74) is 2.44. The molecule has 1 N–H and O–H groups in total. The van der Waals surface area contributed by atoms with Gasteiger partial charge < -0.3 is 19.7 Å². The van der Waals surface area contributed by atoms with E-state index in [2.05, 4.69) is 18.8 Å². The molecule has 3 rings (SSSR count). The van der Waals surface area contributed by atoms with Crippen molar-refractivity contribution in [3.8, 4) is 11.5 Å². The quantitative estimate of drug-likeness (QED) is 0.433. The van der Waals surface area contributed by atoms with Crippen molar-refractivity contribution in [3.05, 3.63) is 66.2 Å². The fourth-order valence-corrected chi connectivity index (χ4v) is 3.57. The molecular weight excluding hydrogens is 364 g/mol. The van der Waals surface area contributed by atoms with E-state index in [1.165, 1.54) is 19.3 Å². The third-order valence-electron chi connectivity index (χ3n) is 5.11. The van der Waals surface area contributed by atoms with E-state index < -0.39 is 0 Å². The number of hydrogen-bond donors (Lipinski definition) is 1. The first kappa shape index (κ1) is 20.8. The van der Waals surface area contributed by atoms with Gasteiger partial charge in [0.25, 0.3) is 5.91 Å². The van der Waals surface area contributed by atoms with E-state index in [0.29, 0.717) is 24.5 Å². The highest BCUT2D eigenvalue weighted by atomic mass is 16.5. The van der Waals surface area contributed by atoms with Crippen LogP contribution < -0.4 is 14.8 Å². The molecule has 0 aromatic heterocycles. The van der Waals surface area contributed by atoms with Crippen molar-refractivity contribution in [1.82, 2.24) is 4.90 Å². The number of ether oxygens (including phenoxy) is 2. The Morgan fingerprint density at radius 2 is 1.97 bits per heavy atom. The van der Waals surface area contributed by atoms with Gasteiger partial charge in [0.05, 0.1) is 19.3 Å². The van der Waals surface area contributed by atoms with E-state index in [1.54, 1.807) is 18.1 Å². The molecule has 1 atom stereocenters. The lowest BCUT2D eigenvalue weighted by Crippen LogP contribution is -2.42. The van der Waals surface area contributed by atoms with Crippen LogP contribution in [0.3, 0.4) is 0 Å². The zero-order valence-electron chi connectivity index (χ0n) is 17.3. The van der Waals surface area contributed by atoms with Gasteiger partial charge in [0.2, 0.25) is 0 Å². The summed E-state index contributed by atoms with van der Waals surface area (Å²) in [6.07, 6.45) is 6.06. The van der Waals surface area contributed by atoms with E-state index in [1.807, 2.05) is 42.5 Å². The molecule has 1 amide bonds. The van der Waals surface area contributed by atoms with Crippen molar-refractivity contribution in [2.24, 2.45) is 0 Å². The van der Waals surface area contributed by atoms with Crippen LogP contribution in [0.1, 0.15) is 54.7 Å². The van der Waals surface area contributed by atoms with Gasteiger partial charge in [-0.1, -0.05) is 50.5 Å². The molecule has 0 radical (unpaired) electrons. The Hall–Kier alpha value is -2.95. The number of rotatable bonds is 10. The van der Waals surface area contributed by atoms with Crippen LogP contribution in [0.5, 0.6) is 11.5 Å². The number of nitrogens with one attached hydrogen (secondary N) is 1. The summed E-state index contributed by atoms with van der Waals surface area (Å²) < 4.78 is 11.5. The second-order valence-corrected chi connectivity index (χ2v) is 7.16. The average molecular weight is 395 g/mol. The zero-order chi connectivity index (χ0) is 20.6. The number of nitrogens with zero attached hydrogens (tertiary/aromatic N) is 1. The molecule has 2 aromatic carbocycles. The van der Waals surface area contributed by atoms with E-state index in [4.69, 9.17) is 9.47 Å². The monoisotopic (exact) mass is 394 g/mol. The van der Waals surface area contributed by atoms with Crippen LogP contribution in [-0.4, -0.2) is 31.1 Å². The Balaban J connectivity index is 1.82. The first-order valence-corrected chi connectivity index (χ1v) is 10.3. The molecule has 0 spiro atoms. The van der Waals surface area contributed by atoms with Crippen LogP contribution in [0.15, 0.2) is 55.1 Å². The smallest absolute Gasteiger partial charge is 0.258 e. The number of methoxy groups -OCH3 is 1. The molecule has 0 saturated carbocycles. The topological polar surface area (TPSA) is 50.8 Å². The van der Waals surface area contributed by atoms with Crippen LogP contribution in [0.25, 0.3) is 0 Å². The number of carbonyl (C=O) groups is 1. The Bertz CT molecular complexity index is 850. The minimum absolute atomic E-state index is 0.0144. The van der Waals surface area contributed by atoms with E-state index >= 15 is 0 Å². The van der Waals surface area contributed by atoms with E-state index in [0.717, 1.165) is 23.4 Å². The minimum Gasteiger partial charge on any atom is -0.493 e. The average Bonchev–Trinajstić information content (AvgIpc) is 2.75. The molecule has 1 unspecified atom stereocenters. The van der Waals surface area contributed by atoms with Gasteiger partial charge in [-0.2, -0.15) is 0 Å². The van der Waals surface area contributed by atoms with Gasteiger partial charge in [-0.3, -0.25) is 4.79 Å². The Morgan fingerprint density at radius 3 is 2.72 bits per heavy atom. The van der Waals surface area contributed by atoms with Gasteiger partial charge in [0, 0.05) is 12.2 Å². The van der Waals surface area contributed by atoms with Crippen molar-refractivity contribution < 1.29 is 14.3 Å². The van der Waals surface area contributed by atoms with Gasteiger partial charge in [0.1, 0.15) is 6.17 Å². The molecule has 5 heteroatoms. The number of hydrogen-bond acceptors (Lipinski definition) is 4. The molecule has 2 aromatic rings. The lowest BCUT2D eigenvalue weighted by atomic mass is 10.0. The maximum atomic E-state index is 13.0. The van der Waals surface area contributed by atoms with Crippen LogP contribution in [-0.2, 0) is 0 Å². The van der Waals surface area contributed by atoms with Gasteiger partial charge in [0.15, 0.2) is 11.5 Å². The molecule has 1 heterocycles. The second kappa shape index (κ2) is 10.0. The molecule has 29 heavy (non-hydrogen) atoms. The molecule has 0 fully saturated rings. The number of unbranched alkanes of at least 4 members (excludes halogenated alkanes) is 3. The maximum absolute atomic E-state index is 13.0. The van der Waals surface area contributed by atoms with Crippen LogP contribution in [0.4, 0.5) is 5.69 Å². The lowest BCUT2D eigenvalue weighted by Gasteiger charge is -2.37. The van der Waals surface area contributed by atoms with Gasteiger partial charge in [-0.05, 0) is 36.2 Å². The molecule has 0 aliphatic carbocycles. The minimum atomic E-state index is -0.303. The number of amides is 1. The summed E-state index contributed by atoms with van der Waals surface area (Å²) in [5.74, 6) is 1.38. The SMILES string of the molecule is C=CCN1C(=O)c2ccccc2NC1c1ccc(OCCCCCC)c(OC)c1. The summed E-state index contributed by atoms with van der Waals surface area (Å²) in [7, 11) is 1.64. The molecule has 0 saturated heterocycles. The molecule has 154 valence electrons. The van der Waals surface area contributed by atoms with Crippen LogP contribution in [0.2, 0.25) is 0 Å². The first-order valence-electron chi connectivity index (χ1n) is 10.3. The molecule has 1 aliphatic heterocycles. The standard InChI is InChI=1S/C24H30N2O3/c1-4-6-7-10-16-29-21-14-13-18(17-22(21)28-3)23-25-20-12-9-8-11-19(20)24(27)26(23)15-5-2/h5,8-9,11-14,17,23,25H,2,4,6-7,10,15-16H2,1,3H3. The van der Waals surface area contributed by atoms with Crippen LogP contribution in [0, 0.1) is 0 Å². The van der Waals surface area contributed by atoms with Gasteiger partial charge in [-0.15, -0.1) is 6.58 Å². The Morgan fingerprint density at radius 1 is 1.14 bits per heavy atom. The highest BCUT2D eigenvalue weighted by molar-refractivity contribution is 6.01. The third kappa shape index (κ3) is 4.73. The summed E-state index contributed by atoms with van der Waals surface area (Å²) in [6.45, 7) is 7.12. The number of para-hydroxylation sites is 1. The van der Waals surface area contributed by atoms with Crippen molar-refractivity contribution in [2.45, 2.75) is 38.8 Å². The van der Waals surface area contributed by atoms with E-state index in [9.17, 15) is 4.79 Å². The molecule has 1 aliphatic rings.